The summed E-state index contributed by atoms with van der Waals surface area (Å²) in [6.07, 6.45) is 2.58. The van der Waals surface area contributed by atoms with Crippen LogP contribution in [0, 0.1) is 23.0 Å². The van der Waals surface area contributed by atoms with E-state index < -0.39 is 4.92 Å². The van der Waals surface area contributed by atoms with Gasteiger partial charge in [0, 0.05) is 24.9 Å². The van der Waals surface area contributed by atoms with Gasteiger partial charge in [0.1, 0.15) is 0 Å². The second kappa shape index (κ2) is 7.68. The molecule has 6 nitrogen and oxygen atoms in total. The number of hydrogen-bond acceptors (Lipinski definition) is 5. The third-order valence-electron chi connectivity index (χ3n) is 2.69. The second-order valence-corrected chi connectivity index (χ2v) is 4.80. The number of aromatic nitrogens is 1. The van der Waals surface area contributed by atoms with Crippen LogP contribution in [0.4, 0.5) is 11.5 Å². The summed E-state index contributed by atoms with van der Waals surface area (Å²) in [4.78, 5) is 14.5. The number of nitro groups is 1. The maximum absolute atomic E-state index is 10.9. The zero-order valence-corrected chi connectivity index (χ0v) is 11.7. The van der Waals surface area contributed by atoms with Crippen molar-refractivity contribution in [2.24, 2.45) is 5.92 Å². The molecule has 19 heavy (non-hydrogen) atoms. The lowest BCUT2D eigenvalue weighted by Gasteiger charge is -2.09. The van der Waals surface area contributed by atoms with Crippen molar-refractivity contribution < 1.29 is 9.66 Å². The number of anilines is 1. The summed E-state index contributed by atoms with van der Waals surface area (Å²) in [6, 6.07) is 1.63. The van der Waals surface area contributed by atoms with Gasteiger partial charge in [-0.3, -0.25) is 10.1 Å². The Balaban J connectivity index is 2.41. The number of nitrogens with one attached hydrogen (secondary N) is 1. The minimum absolute atomic E-state index is 0.0321. The van der Waals surface area contributed by atoms with Gasteiger partial charge in [0.2, 0.25) is 5.82 Å². The van der Waals surface area contributed by atoms with Crippen molar-refractivity contribution in [3.05, 3.63) is 27.9 Å². The third kappa shape index (κ3) is 5.21. The van der Waals surface area contributed by atoms with Gasteiger partial charge in [0.05, 0.1) is 11.5 Å². The molecular formula is C13H21N3O3. The molecule has 1 aromatic heterocycles. The van der Waals surface area contributed by atoms with Gasteiger partial charge in [-0.05, 0) is 25.3 Å². The molecule has 0 aliphatic rings. The van der Waals surface area contributed by atoms with Crippen molar-refractivity contribution in [2.45, 2.75) is 27.2 Å². The molecule has 0 saturated carbocycles. The Kier molecular flexibility index (Phi) is 6.21. The average Bonchev–Trinajstić information content (AvgIpc) is 2.32. The summed E-state index contributed by atoms with van der Waals surface area (Å²) in [7, 11) is 0. The Morgan fingerprint density at radius 1 is 1.47 bits per heavy atom. The highest BCUT2D eigenvalue weighted by Crippen LogP contribution is 2.24. The highest BCUT2D eigenvalue weighted by atomic mass is 16.6. The van der Waals surface area contributed by atoms with E-state index in [1.165, 1.54) is 0 Å². The Morgan fingerprint density at radius 3 is 2.84 bits per heavy atom. The number of hydrogen-bond donors (Lipinski definition) is 1. The van der Waals surface area contributed by atoms with Crippen LogP contribution in [0.1, 0.15) is 25.8 Å². The predicted molar refractivity (Wildman–Crippen MR) is 74.4 cm³/mol. The molecule has 0 unspecified atom stereocenters. The zero-order valence-electron chi connectivity index (χ0n) is 11.7. The minimum Gasteiger partial charge on any atom is -0.380 e. The fourth-order valence-electron chi connectivity index (χ4n) is 1.57. The number of nitrogens with zero attached hydrogens (tertiary/aromatic N) is 2. The van der Waals surface area contributed by atoms with Crippen LogP contribution in [-0.4, -0.2) is 29.7 Å². The van der Waals surface area contributed by atoms with Crippen LogP contribution in [0.3, 0.4) is 0 Å². The van der Waals surface area contributed by atoms with Crippen LogP contribution < -0.4 is 5.32 Å². The van der Waals surface area contributed by atoms with Crippen molar-refractivity contribution in [2.75, 3.05) is 25.1 Å². The topological polar surface area (TPSA) is 77.3 Å². The second-order valence-electron chi connectivity index (χ2n) is 4.80. The monoisotopic (exact) mass is 267 g/mol. The molecule has 0 bridgehead atoms. The summed E-state index contributed by atoms with van der Waals surface area (Å²) in [5.74, 6) is 0.921. The van der Waals surface area contributed by atoms with E-state index in [2.05, 4.69) is 24.1 Å². The van der Waals surface area contributed by atoms with Crippen LogP contribution >= 0.6 is 0 Å². The summed E-state index contributed by atoms with van der Waals surface area (Å²) in [5.41, 5.74) is 0.632. The first-order chi connectivity index (χ1) is 9.02. The molecule has 0 amide bonds. The first-order valence-corrected chi connectivity index (χ1v) is 6.44. The van der Waals surface area contributed by atoms with Gasteiger partial charge in [-0.2, -0.15) is 0 Å². The fraction of sp³-hybridized carbons (Fsp3) is 0.615. The molecule has 1 aromatic rings. The highest BCUT2D eigenvalue weighted by molar-refractivity contribution is 5.59. The first-order valence-electron chi connectivity index (χ1n) is 6.44. The molecule has 0 saturated heterocycles. The quantitative estimate of drug-likeness (QED) is 0.445. The Labute approximate surface area is 113 Å². The summed E-state index contributed by atoms with van der Waals surface area (Å²) in [5, 5.41) is 13.9. The average molecular weight is 267 g/mol. The van der Waals surface area contributed by atoms with E-state index in [0.717, 1.165) is 6.42 Å². The van der Waals surface area contributed by atoms with Crippen molar-refractivity contribution in [3.63, 3.8) is 0 Å². The molecule has 1 rings (SSSR count). The Bertz CT molecular complexity index is 422. The first kappa shape index (κ1) is 15.4. The van der Waals surface area contributed by atoms with Gasteiger partial charge in [-0.1, -0.05) is 13.8 Å². The molecule has 0 radical (unpaired) electrons. The molecular weight excluding hydrogens is 246 g/mol. The lowest BCUT2D eigenvalue weighted by molar-refractivity contribution is -0.384. The van der Waals surface area contributed by atoms with Gasteiger partial charge < -0.3 is 10.1 Å². The molecule has 0 fully saturated rings. The van der Waals surface area contributed by atoms with E-state index >= 15 is 0 Å². The zero-order chi connectivity index (χ0) is 14.3. The number of pyridine rings is 1. The number of rotatable bonds is 8. The molecule has 0 aliphatic carbocycles. The molecule has 0 aliphatic heterocycles. The van der Waals surface area contributed by atoms with Crippen LogP contribution in [0.15, 0.2) is 12.3 Å². The number of aryl methyl sites for hydroxylation is 1. The number of ether oxygens (including phenoxy) is 1. The third-order valence-corrected chi connectivity index (χ3v) is 2.69. The van der Waals surface area contributed by atoms with Crippen molar-refractivity contribution in [1.82, 2.24) is 4.98 Å². The van der Waals surface area contributed by atoms with Crippen molar-refractivity contribution in [1.29, 1.82) is 0 Å². The fourth-order valence-corrected chi connectivity index (χ4v) is 1.57. The Morgan fingerprint density at radius 2 is 2.21 bits per heavy atom. The minimum atomic E-state index is -0.412. The summed E-state index contributed by atoms with van der Waals surface area (Å²) >= 11 is 0. The molecule has 1 heterocycles. The van der Waals surface area contributed by atoms with Gasteiger partial charge in [0.15, 0.2) is 0 Å². The van der Waals surface area contributed by atoms with Gasteiger partial charge in [-0.15, -0.1) is 0 Å². The van der Waals surface area contributed by atoms with E-state index in [1.54, 1.807) is 19.2 Å². The summed E-state index contributed by atoms with van der Waals surface area (Å²) < 4.78 is 5.44. The van der Waals surface area contributed by atoms with E-state index in [4.69, 9.17) is 4.74 Å². The molecule has 6 heteroatoms. The smallest absolute Gasteiger partial charge is 0.314 e. The summed E-state index contributed by atoms with van der Waals surface area (Å²) in [6.45, 7) is 7.71. The van der Waals surface area contributed by atoms with E-state index in [0.29, 0.717) is 37.1 Å². The predicted octanol–water partition coefficient (Wildman–Crippen LogP) is 2.77. The highest BCUT2D eigenvalue weighted by Gasteiger charge is 2.17. The van der Waals surface area contributed by atoms with E-state index in [9.17, 15) is 10.1 Å². The Hall–Kier alpha value is -1.69. The molecule has 0 atom stereocenters. The van der Waals surface area contributed by atoms with Crippen LogP contribution in [0.5, 0.6) is 0 Å². The maximum atomic E-state index is 10.9. The standard InChI is InChI=1S/C13H21N3O3/c1-10(2)5-8-19-9-7-15-13-12(16(17)18)11(3)4-6-14-13/h4,6,10H,5,7-9H2,1-3H3,(H,14,15). The van der Waals surface area contributed by atoms with E-state index in [-0.39, 0.29) is 5.69 Å². The van der Waals surface area contributed by atoms with Crippen molar-refractivity contribution >= 4 is 11.5 Å². The van der Waals surface area contributed by atoms with Crippen LogP contribution in [0.2, 0.25) is 0 Å². The molecule has 0 aromatic carbocycles. The molecule has 0 spiro atoms. The van der Waals surface area contributed by atoms with Gasteiger partial charge >= 0.3 is 5.69 Å². The van der Waals surface area contributed by atoms with Gasteiger partial charge in [0.25, 0.3) is 0 Å². The lowest BCUT2D eigenvalue weighted by atomic mass is 10.1. The van der Waals surface area contributed by atoms with Crippen molar-refractivity contribution in [3.8, 4) is 0 Å². The SMILES string of the molecule is Cc1ccnc(NCCOCCC(C)C)c1[N+](=O)[O-]. The largest absolute Gasteiger partial charge is 0.380 e. The van der Waals surface area contributed by atoms with Crippen LogP contribution in [-0.2, 0) is 4.74 Å². The molecule has 1 N–H and O–H groups in total. The lowest BCUT2D eigenvalue weighted by Crippen LogP contribution is -2.13. The maximum Gasteiger partial charge on any atom is 0.314 e. The van der Waals surface area contributed by atoms with Crippen LogP contribution in [0.25, 0.3) is 0 Å². The van der Waals surface area contributed by atoms with E-state index in [1.807, 2.05) is 0 Å². The van der Waals surface area contributed by atoms with Gasteiger partial charge in [-0.25, -0.2) is 4.98 Å². The molecule has 106 valence electrons. The normalized spacial score (nSPS) is 10.7.